The zero-order valence-electron chi connectivity index (χ0n) is 12.0. The summed E-state index contributed by atoms with van der Waals surface area (Å²) >= 11 is 0. The number of furan rings is 1. The largest absolute Gasteiger partial charge is 0.469 e. The predicted molar refractivity (Wildman–Crippen MR) is 81.4 cm³/mol. The predicted octanol–water partition coefficient (Wildman–Crippen LogP) is 1.69. The first-order chi connectivity index (χ1) is 9.95. The molecule has 0 saturated carbocycles. The molecule has 5 nitrogen and oxygen atoms in total. The normalized spacial score (nSPS) is 13.2. The minimum Gasteiger partial charge on any atom is -0.469 e. The first-order valence-electron chi connectivity index (χ1n) is 6.82. The lowest BCUT2D eigenvalue weighted by Gasteiger charge is -2.12. The molecule has 1 heterocycles. The molecule has 0 bridgehead atoms. The number of hydrogen-bond acceptors (Lipinski definition) is 4. The highest BCUT2D eigenvalue weighted by Gasteiger charge is 2.07. The standard InChI is InChI=1S/C15H20N2O3S/c1-12(11-14-3-2-10-20-14)17-9-8-13-4-6-15(7-5-13)21(16,18)19/h2-7,10,12,17H,8-9,11H2,1H3,(H2,16,18,19). The number of nitrogens with two attached hydrogens (primary N) is 1. The Morgan fingerprint density at radius 1 is 1.24 bits per heavy atom. The molecule has 0 aliphatic carbocycles. The van der Waals surface area contributed by atoms with E-state index in [0.717, 1.165) is 30.7 Å². The van der Waals surface area contributed by atoms with E-state index in [1.54, 1.807) is 18.4 Å². The van der Waals surface area contributed by atoms with E-state index in [-0.39, 0.29) is 4.90 Å². The van der Waals surface area contributed by atoms with Gasteiger partial charge in [-0.1, -0.05) is 12.1 Å². The number of sulfonamides is 1. The van der Waals surface area contributed by atoms with E-state index >= 15 is 0 Å². The van der Waals surface area contributed by atoms with Gasteiger partial charge in [0, 0.05) is 12.5 Å². The molecule has 0 saturated heterocycles. The lowest BCUT2D eigenvalue weighted by molar-refractivity contribution is 0.458. The van der Waals surface area contributed by atoms with Crippen LogP contribution in [0.5, 0.6) is 0 Å². The fourth-order valence-electron chi connectivity index (χ4n) is 2.11. The molecule has 0 amide bonds. The Morgan fingerprint density at radius 3 is 2.52 bits per heavy atom. The molecular formula is C15H20N2O3S. The van der Waals surface area contributed by atoms with Gasteiger partial charge in [-0.05, 0) is 49.7 Å². The maximum Gasteiger partial charge on any atom is 0.238 e. The van der Waals surface area contributed by atoms with E-state index in [1.807, 2.05) is 12.1 Å². The van der Waals surface area contributed by atoms with Gasteiger partial charge in [0.2, 0.25) is 10.0 Å². The Kier molecular flexibility index (Phi) is 5.17. The maximum absolute atomic E-state index is 11.2. The van der Waals surface area contributed by atoms with Crippen molar-refractivity contribution in [1.82, 2.24) is 5.32 Å². The second-order valence-corrected chi connectivity index (χ2v) is 6.64. The van der Waals surface area contributed by atoms with E-state index in [4.69, 9.17) is 9.56 Å². The molecule has 1 atom stereocenters. The van der Waals surface area contributed by atoms with Crippen molar-refractivity contribution in [3.8, 4) is 0 Å². The molecular weight excluding hydrogens is 288 g/mol. The molecule has 21 heavy (non-hydrogen) atoms. The average Bonchev–Trinajstić information content (AvgIpc) is 2.91. The second-order valence-electron chi connectivity index (χ2n) is 5.08. The van der Waals surface area contributed by atoms with Gasteiger partial charge in [-0.15, -0.1) is 0 Å². The van der Waals surface area contributed by atoms with Gasteiger partial charge in [0.1, 0.15) is 5.76 Å². The van der Waals surface area contributed by atoms with Gasteiger partial charge in [-0.3, -0.25) is 0 Å². The van der Waals surface area contributed by atoms with Crippen LogP contribution in [-0.4, -0.2) is 21.0 Å². The Balaban J connectivity index is 1.78. The van der Waals surface area contributed by atoms with Crippen molar-refractivity contribution < 1.29 is 12.8 Å². The molecule has 6 heteroatoms. The van der Waals surface area contributed by atoms with Gasteiger partial charge >= 0.3 is 0 Å². The Bertz CT molecular complexity index is 649. The molecule has 3 N–H and O–H groups in total. The summed E-state index contributed by atoms with van der Waals surface area (Å²) < 4.78 is 27.6. The van der Waals surface area contributed by atoms with Crippen LogP contribution in [0.4, 0.5) is 0 Å². The second kappa shape index (κ2) is 6.89. The number of primary sulfonamides is 1. The Hall–Kier alpha value is -1.63. The van der Waals surface area contributed by atoms with E-state index in [9.17, 15) is 8.42 Å². The third-order valence-corrected chi connectivity index (χ3v) is 4.18. The van der Waals surface area contributed by atoms with Crippen molar-refractivity contribution in [3.05, 3.63) is 54.0 Å². The monoisotopic (exact) mass is 308 g/mol. The summed E-state index contributed by atoms with van der Waals surface area (Å²) in [6.07, 6.45) is 3.35. The first-order valence-corrected chi connectivity index (χ1v) is 8.37. The lowest BCUT2D eigenvalue weighted by atomic mass is 10.1. The van der Waals surface area contributed by atoms with E-state index in [1.165, 1.54) is 12.1 Å². The average molecular weight is 308 g/mol. The van der Waals surface area contributed by atoms with Gasteiger partial charge in [0.25, 0.3) is 0 Å². The maximum atomic E-state index is 11.2. The molecule has 114 valence electrons. The molecule has 1 aromatic heterocycles. The van der Waals surface area contributed by atoms with Gasteiger partial charge in [-0.2, -0.15) is 0 Å². The van der Waals surface area contributed by atoms with Gasteiger partial charge < -0.3 is 9.73 Å². The highest BCUT2D eigenvalue weighted by atomic mass is 32.2. The molecule has 1 unspecified atom stereocenters. The summed E-state index contributed by atoms with van der Waals surface area (Å²) in [5, 5.41) is 8.47. The molecule has 0 aliphatic rings. The van der Waals surface area contributed by atoms with Crippen LogP contribution < -0.4 is 10.5 Å². The Morgan fingerprint density at radius 2 is 1.95 bits per heavy atom. The van der Waals surface area contributed by atoms with Crippen molar-refractivity contribution in [3.63, 3.8) is 0 Å². The van der Waals surface area contributed by atoms with E-state index < -0.39 is 10.0 Å². The van der Waals surface area contributed by atoms with Gasteiger partial charge in [-0.25, -0.2) is 13.6 Å². The summed E-state index contributed by atoms with van der Waals surface area (Å²) in [5.74, 6) is 0.965. The molecule has 1 aromatic carbocycles. The number of benzene rings is 1. The molecule has 2 rings (SSSR count). The third kappa shape index (κ3) is 5.00. The number of nitrogens with one attached hydrogen (secondary N) is 1. The molecule has 0 fully saturated rings. The topological polar surface area (TPSA) is 85.3 Å². The van der Waals surface area contributed by atoms with Crippen LogP contribution in [0.2, 0.25) is 0 Å². The van der Waals surface area contributed by atoms with E-state index in [0.29, 0.717) is 6.04 Å². The van der Waals surface area contributed by atoms with Crippen LogP contribution >= 0.6 is 0 Å². The van der Waals surface area contributed by atoms with Crippen molar-refractivity contribution in [2.24, 2.45) is 5.14 Å². The quantitative estimate of drug-likeness (QED) is 0.815. The minimum absolute atomic E-state index is 0.144. The van der Waals surface area contributed by atoms with Gasteiger partial charge in [0.05, 0.1) is 11.2 Å². The third-order valence-electron chi connectivity index (χ3n) is 3.25. The molecule has 2 aromatic rings. The minimum atomic E-state index is -3.61. The summed E-state index contributed by atoms with van der Waals surface area (Å²) in [5.41, 5.74) is 1.07. The SMILES string of the molecule is CC(Cc1ccco1)NCCc1ccc(S(N)(=O)=O)cc1. The van der Waals surface area contributed by atoms with E-state index in [2.05, 4.69) is 12.2 Å². The van der Waals surface area contributed by atoms with Crippen molar-refractivity contribution in [1.29, 1.82) is 0 Å². The van der Waals surface area contributed by atoms with Crippen molar-refractivity contribution >= 4 is 10.0 Å². The summed E-state index contributed by atoms with van der Waals surface area (Å²) in [6.45, 7) is 2.92. The van der Waals surface area contributed by atoms with Crippen LogP contribution in [0.25, 0.3) is 0 Å². The molecule has 0 radical (unpaired) electrons. The molecule has 0 spiro atoms. The summed E-state index contributed by atoms with van der Waals surface area (Å²) in [6, 6.07) is 10.8. The highest BCUT2D eigenvalue weighted by Crippen LogP contribution is 2.09. The first kappa shape index (κ1) is 15.8. The summed E-state index contributed by atoms with van der Waals surface area (Å²) in [7, 11) is -3.61. The Labute approximate surface area is 125 Å². The zero-order chi connectivity index (χ0) is 15.3. The van der Waals surface area contributed by atoms with Crippen LogP contribution in [0, 0.1) is 0 Å². The van der Waals surface area contributed by atoms with Crippen LogP contribution in [0.15, 0.2) is 52.0 Å². The number of rotatable bonds is 7. The van der Waals surface area contributed by atoms with Crippen LogP contribution in [0.3, 0.4) is 0 Å². The smallest absolute Gasteiger partial charge is 0.238 e. The highest BCUT2D eigenvalue weighted by molar-refractivity contribution is 7.89. The fraction of sp³-hybridized carbons (Fsp3) is 0.333. The fourth-order valence-corrected chi connectivity index (χ4v) is 2.63. The number of hydrogen-bond donors (Lipinski definition) is 2. The van der Waals surface area contributed by atoms with Crippen molar-refractivity contribution in [2.45, 2.75) is 30.7 Å². The van der Waals surface area contributed by atoms with Gasteiger partial charge in [0.15, 0.2) is 0 Å². The van der Waals surface area contributed by atoms with Crippen molar-refractivity contribution in [2.75, 3.05) is 6.54 Å². The lowest BCUT2D eigenvalue weighted by Crippen LogP contribution is -2.29. The summed E-state index contributed by atoms with van der Waals surface area (Å²) in [4.78, 5) is 0.144. The molecule has 0 aliphatic heterocycles. The van der Waals surface area contributed by atoms with Crippen LogP contribution in [-0.2, 0) is 22.9 Å². The van der Waals surface area contributed by atoms with Crippen LogP contribution in [0.1, 0.15) is 18.2 Å². The zero-order valence-corrected chi connectivity index (χ0v) is 12.8.